The highest BCUT2D eigenvalue weighted by molar-refractivity contribution is 14.1. The van der Waals surface area contributed by atoms with E-state index < -0.39 is 0 Å². The van der Waals surface area contributed by atoms with Crippen LogP contribution in [0.3, 0.4) is 0 Å². The van der Waals surface area contributed by atoms with Gasteiger partial charge in [-0.3, -0.25) is 0 Å². The first kappa shape index (κ1) is 9.92. The zero-order valence-electron chi connectivity index (χ0n) is 7.38. The average molecular weight is 320 g/mol. The molecule has 0 atom stereocenters. The molecule has 5 heteroatoms. The molecule has 0 aliphatic heterocycles. The second kappa shape index (κ2) is 3.86. The standard InChI is InChI=1S/C9H7ClIN3/c1-12-9-6-3-13-8(10)2-5(6)7(11)4-14-9/h2-4H,1H3,(H,12,14). The molecule has 2 heterocycles. The number of hydrogen-bond acceptors (Lipinski definition) is 3. The van der Waals surface area contributed by atoms with Crippen molar-refractivity contribution >= 4 is 50.8 Å². The lowest BCUT2D eigenvalue weighted by Crippen LogP contribution is -1.95. The molecule has 0 aromatic carbocycles. The number of pyridine rings is 2. The third-order valence-electron chi connectivity index (χ3n) is 1.93. The van der Waals surface area contributed by atoms with E-state index >= 15 is 0 Å². The molecule has 14 heavy (non-hydrogen) atoms. The zero-order chi connectivity index (χ0) is 10.1. The largest absolute Gasteiger partial charge is 0.373 e. The van der Waals surface area contributed by atoms with Gasteiger partial charge in [0.1, 0.15) is 11.0 Å². The molecule has 1 N–H and O–H groups in total. The number of rotatable bonds is 1. The Labute approximate surface area is 100 Å². The number of anilines is 1. The number of nitrogens with one attached hydrogen (secondary N) is 1. The summed E-state index contributed by atoms with van der Waals surface area (Å²) in [5.74, 6) is 0.824. The van der Waals surface area contributed by atoms with Crippen LogP contribution in [0.5, 0.6) is 0 Å². The topological polar surface area (TPSA) is 37.8 Å². The number of nitrogens with zero attached hydrogens (tertiary/aromatic N) is 2. The fourth-order valence-electron chi connectivity index (χ4n) is 1.28. The molecular weight excluding hydrogens is 312 g/mol. The van der Waals surface area contributed by atoms with Crippen LogP contribution < -0.4 is 5.32 Å². The van der Waals surface area contributed by atoms with Gasteiger partial charge in [0.2, 0.25) is 0 Å². The molecule has 0 radical (unpaired) electrons. The summed E-state index contributed by atoms with van der Waals surface area (Å²) in [6.07, 6.45) is 3.55. The van der Waals surface area contributed by atoms with Gasteiger partial charge < -0.3 is 5.32 Å². The van der Waals surface area contributed by atoms with E-state index in [4.69, 9.17) is 11.6 Å². The Morgan fingerprint density at radius 2 is 2.07 bits per heavy atom. The van der Waals surface area contributed by atoms with Crippen LogP contribution in [0, 0.1) is 3.57 Å². The highest BCUT2D eigenvalue weighted by Gasteiger charge is 2.05. The molecule has 0 bridgehead atoms. The van der Waals surface area contributed by atoms with Crippen LogP contribution in [0.25, 0.3) is 10.8 Å². The molecule has 72 valence electrons. The van der Waals surface area contributed by atoms with Crippen molar-refractivity contribution in [2.45, 2.75) is 0 Å². The summed E-state index contributed by atoms with van der Waals surface area (Å²) in [5.41, 5.74) is 0. The van der Waals surface area contributed by atoms with E-state index in [0.29, 0.717) is 5.15 Å². The average Bonchev–Trinajstić information content (AvgIpc) is 2.19. The van der Waals surface area contributed by atoms with Crippen LogP contribution in [0.4, 0.5) is 5.82 Å². The van der Waals surface area contributed by atoms with Crippen LogP contribution >= 0.6 is 34.2 Å². The Hall–Kier alpha value is -0.620. The molecule has 0 saturated heterocycles. The second-order valence-corrected chi connectivity index (χ2v) is 4.31. The minimum absolute atomic E-state index is 0.503. The molecule has 0 aliphatic carbocycles. The third-order valence-corrected chi connectivity index (χ3v) is 2.99. The summed E-state index contributed by atoms with van der Waals surface area (Å²) < 4.78 is 1.07. The van der Waals surface area contributed by atoms with Crippen molar-refractivity contribution in [3.63, 3.8) is 0 Å². The molecule has 2 rings (SSSR count). The molecule has 0 saturated carbocycles. The quantitative estimate of drug-likeness (QED) is 0.649. The zero-order valence-corrected chi connectivity index (χ0v) is 10.3. The van der Waals surface area contributed by atoms with Gasteiger partial charge in [0.25, 0.3) is 0 Å². The van der Waals surface area contributed by atoms with Crippen LogP contribution in [0.1, 0.15) is 0 Å². The predicted octanol–water partition coefficient (Wildman–Crippen LogP) is 2.93. The minimum Gasteiger partial charge on any atom is -0.373 e. The van der Waals surface area contributed by atoms with Crippen molar-refractivity contribution in [3.05, 3.63) is 27.2 Å². The van der Waals surface area contributed by atoms with Gasteiger partial charge in [-0.15, -0.1) is 0 Å². The molecule has 3 nitrogen and oxygen atoms in total. The van der Waals surface area contributed by atoms with Crippen LogP contribution in [0.2, 0.25) is 5.15 Å². The number of halogens is 2. The van der Waals surface area contributed by atoms with Crippen molar-refractivity contribution in [2.75, 3.05) is 12.4 Å². The first-order chi connectivity index (χ1) is 6.72. The van der Waals surface area contributed by atoms with Gasteiger partial charge in [0.15, 0.2) is 0 Å². The van der Waals surface area contributed by atoms with Crippen molar-refractivity contribution < 1.29 is 0 Å². The Morgan fingerprint density at radius 3 is 2.79 bits per heavy atom. The summed E-state index contributed by atoms with van der Waals surface area (Å²) in [6, 6.07) is 1.85. The number of aromatic nitrogens is 2. The normalized spacial score (nSPS) is 10.5. The molecule has 0 unspecified atom stereocenters. The Balaban J connectivity index is 2.84. The fraction of sp³-hybridized carbons (Fsp3) is 0.111. The SMILES string of the molecule is CNc1ncc(I)c2cc(Cl)ncc12. The monoisotopic (exact) mass is 319 g/mol. The summed E-state index contributed by atoms with van der Waals surface area (Å²) >= 11 is 8.06. The highest BCUT2D eigenvalue weighted by Crippen LogP contribution is 2.26. The van der Waals surface area contributed by atoms with E-state index in [2.05, 4.69) is 37.9 Å². The van der Waals surface area contributed by atoms with E-state index in [-0.39, 0.29) is 0 Å². The summed E-state index contributed by atoms with van der Waals surface area (Å²) in [4.78, 5) is 8.29. The van der Waals surface area contributed by atoms with E-state index in [0.717, 1.165) is 20.2 Å². The van der Waals surface area contributed by atoms with Gasteiger partial charge >= 0.3 is 0 Å². The predicted molar refractivity (Wildman–Crippen MR) is 66.8 cm³/mol. The van der Waals surface area contributed by atoms with E-state index in [1.807, 2.05) is 19.3 Å². The molecule has 0 aliphatic rings. The van der Waals surface area contributed by atoms with Crippen molar-refractivity contribution in [1.82, 2.24) is 9.97 Å². The Bertz CT molecular complexity index is 487. The summed E-state index contributed by atoms with van der Waals surface area (Å²) in [5, 5.41) is 5.59. The van der Waals surface area contributed by atoms with Crippen molar-refractivity contribution in [3.8, 4) is 0 Å². The lowest BCUT2D eigenvalue weighted by atomic mass is 10.2. The maximum atomic E-state index is 5.83. The molecule has 0 amide bonds. The first-order valence-electron chi connectivity index (χ1n) is 4.00. The molecule has 0 fully saturated rings. The van der Waals surface area contributed by atoms with Gasteiger partial charge in [0, 0.05) is 33.8 Å². The number of fused-ring (bicyclic) bond motifs is 1. The van der Waals surface area contributed by atoms with Crippen LogP contribution in [-0.4, -0.2) is 17.0 Å². The fourth-order valence-corrected chi connectivity index (χ4v) is 2.02. The maximum absolute atomic E-state index is 5.83. The van der Waals surface area contributed by atoms with Gasteiger partial charge in [-0.2, -0.15) is 0 Å². The van der Waals surface area contributed by atoms with E-state index in [1.54, 1.807) is 6.20 Å². The lowest BCUT2D eigenvalue weighted by Gasteiger charge is -2.05. The number of hydrogen-bond donors (Lipinski definition) is 1. The van der Waals surface area contributed by atoms with Gasteiger partial charge in [-0.25, -0.2) is 9.97 Å². The maximum Gasteiger partial charge on any atom is 0.135 e. The van der Waals surface area contributed by atoms with Crippen molar-refractivity contribution in [2.24, 2.45) is 0 Å². The highest BCUT2D eigenvalue weighted by atomic mass is 127. The Morgan fingerprint density at radius 1 is 1.29 bits per heavy atom. The molecular formula is C9H7ClIN3. The molecule has 2 aromatic heterocycles. The summed E-state index contributed by atoms with van der Waals surface area (Å²) in [6.45, 7) is 0. The van der Waals surface area contributed by atoms with Gasteiger partial charge in [-0.05, 0) is 28.7 Å². The molecule has 2 aromatic rings. The van der Waals surface area contributed by atoms with Gasteiger partial charge in [0.05, 0.1) is 0 Å². The first-order valence-corrected chi connectivity index (χ1v) is 5.45. The van der Waals surface area contributed by atoms with E-state index in [9.17, 15) is 0 Å². The second-order valence-electron chi connectivity index (χ2n) is 2.76. The third kappa shape index (κ3) is 1.64. The van der Waals surface area contributed by atoms with Crippen LogP contribution in [-0.2, 0) is 0 Å². The summed E-state index contributed by atoms with van der Waals surface area (Å²) in [7, 11) is 1.84. The van der Waals surface area contributed by atoms with Crippen molar-refractivity contribution in [1.29, 1.82) is 0 Å². The Kier molecular flexibility index (Phi) is 2.73. The lowest BCUT2D eigenvalue weighted by molar-refractivity contribution is 1.28. The van der Waals surface area contributed by atoms with Gasteiger partial charge in [-0.1, -0.05) is 11.6 Å². The van der Waals surface area contributed by atoms with E-state index in [1.165, 1.54) is 0 Å². The smallest absolute Gasteiger partial charge is 0.135 e. The molecule has 0 spiro atoms. The minimum atomic E-state index is 0.503. The van der Waals surface area contributed by atoms with Crippen LogP contribution in [0.15, 0.2) is 18.5 Å².